The molecule has 0 aromatic carbocycles. The second-order valence-corrected chi connectivity index (χ2v) is 4.38. The highest BCUT2D eigenvalue weighted by Gasteiger charge is 2.07. The molecule has 0 saturated carbocycles. The van der Waals surface area contributed by atoms with Crippen LogP contribution in [0, 0.1) is 0 Å². The second-order valence-electron chi connectivity index (χ2n) is 3.05. The summed E-state index contributed by atoms with van der Waals surface area (Å²) >= 11 is 7.51. The van der Waals surface area contributed by atoms with E-state index in [2.05, 4.69) is 10.1 Å². The summed E-state index contributed by atoms with van der Waals surface area (Å²) in [5.41, 5.74) is 1.78. The van der Waals surface area contributed by atoms with Crippen molar-refractivity contribution in [1.82, 2.24) is 14.6 Å². The van der Waals surface area contributed by atoms with E-state index in [4.69, 9.17) is 11.6 Å². The first-order valence-electron chi connectivity index (χ1n) is 4.39. The maximum absolute atomic E-state index is 5.85. The van der Waals surface area contributed by atoms with Gasteiger partial charge in [0.15, 0.2) is 5.65 Å². The molecule has 0 aliphatic rings. The minimum atomic E-state index is 0.471. The predicted molar refractivity (Wildman–Crippen MR) is 61.3 cm³/mol. The Labute approximate surface area is 95.0 Å². The van der Waals surface area contributed by atoms with E-state index in [1.165, 1.54) is 0 Å². The zero-order valence-electron chi connectivity index (χ0n) is 7.59. The van der Waals surface area contributed by atoms with Gasteiger partial charge in [-0.3, -0.25) is 0 Å². The Balaban J connectivity index is 2.32. The number of halogens is 1. The van der Waals surface area contributed by atoms with E-state index in [0.717, 1.165) is 16.2 Å². The van der Waals surface area contributed by atoms with Gasteiger partial charge in [-0.15, -0.1) is 11.3 Å². The summed E-state index contributed by atoms with van der Waals surface area (Å²) in [6, 6.07) is 7.63. The summed E-state index contributed by atoms with van der Waals surface area (Å²) in [6.45, 7) is 0. The fourth-order valence-corrected chi connectivity index (χ4v) is 2.30. The van der Waals surface area contributed by atoms with Crippen LogP contribution in [0.3, 0.4) is 0 Å². The maximum Gasteiger partial charge on any atom is 0.154 e. The maximum atomic E-state index is 5.85. The van der Waals surface area contributed by atoms with Crippen LogP contribution in [0.15, 0.2) is 35.8 Å². The number of nitrogens with zero attached hydrogens (tertiary/aromatic N) is 3. The fraction of sp³-hybridized carbons (Fsp3) is 0. The molecule has 74 valence electrons. The van der Waals surface area contributed by atoms with Gasteiger partial charge in [0.2, 0.25) is 0 Å². The topological polar surface area (TPSA) is 30.2 Å². The third-order valence-electron chi connectivity index (χ3n) is 2.10. The molecule has 15 heavy (non-hydrogen) atoms. The van der Waals surface area contributed by atoms with Gasteiger partial charge >= 0.3 is 0 Å². The molecule has 0 saturated heterocycles. The number of thiophene rings is 1. The smallest absolute Gasteiger partial charge is 0.154 e. The van der Waals surface area contributed by atoms with Gasteiger partial charge in [-0.2, -0.15) is 5.10 Å². The van der Waals surface area contributed by atoms with Gasteiger partial charge in [0.25, 0.3) is 0 Å². The molecule has 0 amide bonds. The zero-order valence-corrected chi connectivity index (χ0v) is 9.16. The normalized spacial score (nSPS) is 11.0. The summed E-state index contributed by atoms with van der Waals surface area (Å²) in [7, 11) is 0. The number of imidazole rings is 1. The summed E-state index contributed by atoms with van der Waals surface area (Å²) < 4.78 is 1.76. The largest absolute Gasteiger partial charge is 0.235 e. The Morgan fingerprint density at radius 2 is 2.20 bits per heavy atom. The van der Waals surface area contributed by atoms with Crippen molar-refractivity contribution in [2.24, 2.45) is 0 Å². The van der Waals surface area contributed by atoms with Gasteiger partial charge in [-0.1, -0.05) is 17.7 Å². The molecule has 3 aromatic heterocycles. The van der Waals surface area contributed by atoms with Crippen molar-refractivity contribution in [2.45, 2.75) is 0 Å². The van der Waals surface area contributed by atoms with E-state index in [9.17, 15) is 0 Å². The van der Waals surface area contributed by atoms with Crippen molar-refractivity contribution < 1.29 is 0 Å². The first-order valence-corrected chi connectivity index (χ1v) is 5.64. The lowest BCUT2D eigenvalue weighted by Gasteiger charge is -1.97. The molecule has 3 heterocycles. The molecule has 3 rings (SSSR count). The summed E-state index contributed by atoms with van der Waals surface area (Å²) in [5, 5.41) is 6.72. The van der Waals surface area contributed by atoms with Crippen LogP contribution in [-0.2, 0) is 0 Å². The third-order valence-corrected chi connectivity index (χ3v) is 3.20. The average Bonchev–Trinajstić information content (AvgIpc) is 2.83. The van der Waals surface area contributed by atoms with E-state index < -0.39 is 0 Å². The van der Waals surface area contributed by atoms with Gasteiger partial charge in [-0.05, 0) is 23.6 Å². The van der Waals surface area contributed by atoms with Crippen LogP contribution in [0.1, 0.15) is 0 Å². The Bertz CT molecular complexity index is 600. The number of rotatable bonds is 1. The predicted octanol–water partition coefficient (Wildman–Crippen LogP) is 3.11. The lowest BCUT2D eigenvalue weighted by atomic mass is 10.4. The molecule has 0 spiro atoms. The molecular weight excluding hydrogens is 230 g/mol. The Morgan fingerprint density at radius 1 is 1.27 bits per heavy atom. The second kappa shape index (κ2) is 3.32. The number of aromatic nitrogens is 3. The molecule has 0 bridgehead atoms. The third kappa shape index (κ3) is 1.42. The van der Waals surface area contributed by atoms with Crippen molar-refractivity contribution in [3.05, 3.63) is 41.0 Å². The van der Waals surface area contributed by atoms with Crippen molar-refractivity contribution in [3.63, 3.8) is 0 Å². The van der Waals surface area contributed by atoms with Gasteiger partial charge < -0.3 is 0 Å². The summed E-state index contributed by atoms with van der Waals surface area (Å²) in [6.07, 6.45) is 1.81. The SMILES string of the molecule is Clc1ccc2ncc(-c3cccs3)n2n1. The van der Waals surface area contributed by atoms with Gasteiger partial charge in [0.05, 0.1) is 11.1 Å². The highest BCUT2D eigenvalue weighted by Crippen LogP contribution is 2.25. The van der Waals surface area contributed by atoms with Gasteiger partial charge in [0.1, 0.15) is 10.8 Å². The summed E-state index contributed by atoms with van der Waals surface area (Å²) in [5.74, 6) is 0. The minimum absolute atomic E-state index is 0.471. The molecule has 3 aromatic rings. The minimum Gasteiger partial charge on any atom is -0.235 e. The van der Waals surface area contributed by atoms with Gasteiger partial charge in [0, 0.05) is 0 Å². The van der Waals surface area contributed by atoms with Crippen LogP contribution in [0.5, 0.6) is 0 Å². The van der Waals surface area contributed by atoms with Gasteiger partial charge in [-0.25, -0.2) is 9.50 Å². The van der Waals surface area contributed by atoms with E-state index in [1.54, 1.807) is 21.9 Å². The molecule has 0 unspecified atom stereocenters. The van der Waals surface area contributed by atoms with E-state index >= 15 is 0 Å². The van der Waals surface area contributed by atoms with Crippen LogP contribution < -0.4 is 0 Å². The number of hydrogen-bond acceptors (Lipinski definition) is 3. The standard InChI is InChI=1S/C10H6ClN3S/c11-9-3-4-10-12-6-7(14(10)13-9)8-2-1-5-15-8/h1-6H. The van der Waals surface area contributed by atoms with Crippen molar-refractivity contribution in [1.29, 1.82) is 0 Å². The van der Waals surface area contributed by atoms with Crippen molar-refractivity contribution in [2.75, 3.05) is 0 Å². The van der Waals surface area contributed by atoms with Crippen LogP contribution in [-0.4, -0.2) is 14.6 Å². The lowest BCUT2D eigenvalue weighted by molar-refractivity contribution is 0.945. The summed E-state index contributed by atoms with van der Waals surface area (Å²) in [4.78, 5) is 5.40. The zero-order chi connectivity index (χ0) is 10.3. The van der Waals surface area contributed by atoms with Crippen LogP contribution in [0.4, 0.5) is 0 Å². The molecule has 0 N–H and O–H groups in total. The Morgan fingerprint density at radius 3 is 3.00 bits per heavy atom. The quantitative estimate of drug-likeness (QED) is 0.649. The molecule has 5 heteroatoms. The van der Waals surface area contributed by atoms with E-state index in [-0.39, 0.29) is 0 Å². The fourth-order valence-electron chi connectivity index (χ4n) is 1.44. The van der Waals surface area contributed by atoms with Crippen LogP contribution in [0.25, 0.3) is 16.2 Å². The van der Waals surface area contributed by atoms with Crippen LogP contribution >= 0.6 is 22.9 Å². The van der Waals surface area contributed by atoms with Crippen LogP contribution in [0.2, 0.25) is 5.15 Å². The number of hydrogen-bond donors (Lipinski definition) is 0. The monoisotopic (exact) mass is 235 g/mol. The lowest BCUT2D eigenvalue weighted by Crippen LogP contribution is -1.92. The van der Waals surface area contributed by atoms with Crippen molar-refractivity contribution in [3.8, 4) is 10.6 Å². The molecule has 0 aliphatic carbocycles. The molecule has 0 atom stereocenters. The molecule has 0 radical (unpaired) electrons. The van der Waals surface area contributed by atoms with E-state index in [0.29, 0.717) is 5.15 Å². The first kappa shape index (κ1) is 8.88. The van der Waals surface area contributed by atoms with Crippen molar-refractivity contribution >= 4 is 28.6 Å². The molecule has 0 fully saturated rings. The van der Waals surface area contributed by atoms with E-state index in [1.807, 2.05) is 29.8 Å². The first-order chi connectivity index (χ1) is 7.34. The highest BCUT2D eigenvalue weighted by atomic mass is 35.5. The average molecular weight is 236 g/mol. The molecule has 0 aliphatic heterocycles. The Kier molecular flexibility index (Phi) is 1.97. The molecule has 3 nitrogen and oxygen atoms in total. The molecular formula is C10H6ClN3S. The highest BCUT2D eigenvalue weighted by molar-refractivity contribution is 7.13. The number of fused-ring (bicyclic) bond motifs is 1. The Hall–Kier alpha value is -1.39.